The van der Waals surface area contributed by atoms with Gasteiger partial charge in [0.25, 0.3) is 0 Å². The van der Waals surface area contributed by atoms with Crippen LogP contribution in [0.3, 0.4) is 0 Å². The minimum Gasteiger partial charge on any atom is -0.396 e. The summed E-state index contributed by atoms with van der Waals surface area (Å²) in [6.45, 7) is 1.87. The predicted molar refractivity (Wildman–Crippen MR) is 63.1 cm³/mol. The topological polar surface area (TPSA) is 80.9 Å². The maximum atomic E-state index is 9.82. The van der Waals surface area contributed by atoms with Gasteiger partial charge in [-0.25, -0.2) is 0 Å². The third-order valence-electron chi connectivity index (χ3n) is 2.89. The molecule has 16 heavy (non-hydrogen) atoms. The lowest BCUT2D eigenvalue weighted by Gasteiger charge is -2.21. The molecule has 0 heterocycles. The van der Waals surface area contributed by atoms with Crippen LogP contribution in [0.5, 0.6) is 0 Å². The SMILES string of the molecule is CC(O)CCC(CO)C(O)CCCCCO. The molecule has 0 aromatic heterocycles. The predicted octanol–water partition coefficient (Wildman–Crippen LogP) is 0.669. The summed E-state index contributed by atoms with van der Waals surface area (Å²) in [5.41, 5.74) is 0. The Morgan fingerprint density at radius 1 is 0.875 bits per heavy atom. The van der Waals surface area contributed by atoms with E-state index in [-0.39, 0.29) is 25.2 Å². The van der Waals surface area contributed by atoms with E-state index >= 15 is 0 Å². The van der Waals surface area contributed by atoms with E-state index in [1.165, 1.54) is 0 Å². The molecule has 0 spiro atoms. The first-order chi connectivity index (χ1) is 7.61. The molecule has 0 bridgehead atoms. The Hall–Kier alpha value is -0.160. The van der Waals surface area contributed by atoms with E-state index in [0.717, 1.165) is 19.3 Å². The van der Waals surface area contributed by atoms with Crippen molar-refractivity contribution >= 4 is 0 Å². The molecule has 0 aromatic carbocycles. The number of hydrogen-bond acceptors (Lipinski definition) is 4. The molecular weight excluding hydrogens is 208 g/mol. The fourth-order valence-corrected chi connectivity index (χ4v) is 1.74. The second-order valence-electron chi connectivity index (χ2n) is 4.51. The van der Waals surface area contributed by atoms with Crippen molar-refractivity contribution in [1.29, 1.82) is 0 Å². The van der Waals surface area contributed by atoms with E-state index in [2.05, 4.69) is 0 Å². The van der Waals surface area contributed by atoms with Crippen molar-refractivity contribution in [3.05, 3.63) is 0 Å². The molecule has 3 unspecified atom stereocenters. The molecule has 0 saturated heterocycles. The van der Waals surface area contributed by atoms with Crippen LogP contribution in [-0.4, -0.2) is 45.8 Å². The van der Waals surface area contributed by atoms with Crippen LogP contribution in [0.15, 0.2) is 0 Å². The summed E-state index contributed by atoms with van der Waals surface area (Å²) in [7, 11) is 0. The molecule has 0 amide bonds. The lowest BCUT2D eigenvalue weighted by molar-refractivity contribution is 0.0452. The first kappa shape index (κ1) is 15.8. The van der Waals surface area contributed by atoms with Gasteiger partial charge in [0.2, 0.25) is 0 Å². The largest absolute Gasteiger partial charge is 0.396 e. The Kier molecular flexibility index (Phi) is 9.92. The lowest BCUT2D eigenvalue weighted by atomic mass is 9.92. The normalized spacial score (nSPS) is 17.1. The summed E-state index contributed by atoms with van der Waals surface area (Å²) >= 11 is 0. The summed E-state index contributed by atoms with van der Waals surface area (Å²) in [4.78, 5) is 0. The minimum atomic E-state index is -0.498. The zero-order chi connectivity index (χ0) is 12.4. The molecule has 0 rings (SSSR count). The van der Waals surface area contributed by atoms with Crippen LogP contribution < -0.4 is 0 Å². The van der Waals surface area contributed by atoms with E-state index in [4.69, 9.17) is 15.3 Å². The summed E-state index contributed by atoms with van der Waals surface area (Å²) in [5.74, 6) is -0.135. The number of unbranched alkanes of at least 4 members (excludes halogenated alkanes) is 2. The Labute approximate surface area is 97.9 Å². The molecule has 4 N–H and O–H groups in total. The fourth-order valence-electron chi connectivity index (χ4n) is 1.74. The van der Waals surface area contributed by atoms with Crippen molar-refractivity contribution in [2.24, 2.45) is 5.92 Å². The van der Waals surface area contributed by atoms with Crippen molar-refractivity contribution in [3.63, 3.8) is 0 Å². The first-order valence-corrected chi connectivity index (χ1v) is 6.19. The van der Waals surface area contributed by atoms with Gasteiger partial charge in [0.05, 0.1) is 12.2 Å². The third kappa shape index (κ3) is 8.05. The zero-order valence-electron chi connectivity index (χ0n) is 10.2. The average Bonchev–Trinajstić information content (AvgIpc) is 2.25. The molecule has 0 aliphatic heterocycles. The Bertz CT molecular complexity index is 150. The van der Waals surface area contributed by atoms with E-state index < -0.39 is 6.10 Å². The van der Waals surface area contributed by atoms with Gasteiger partial charge in [-0.15, -0.1) is 0 Å². The Morgan fingerprint density at radius 3 is 2.06 bits per heavy atom. The molecule has 0 radical (unpaired) electrons. The van der Waals surface area contributed by atoms with Crippen molar-refractivity contribution in [2.45, 2.75) is 57.7 Å². The smallest absolute Gasteiger partial charge is 0.0590 e. The van der Waals surface area contributed by atoms with Crippen LogP contribution in [0.25, 0.3) is 0 Å². The van der Waals surface area contributed by atoms with Crippen LogP contribution >= 0.6 is 0 Å². The quantitative estimate of drug-likeness (QED) is 0.419. The second-order valence-corrected chi connectivity index (χ2v) is 4.51. The summed E-state index contributed by atoms with van der Waals surface area (Å²) in [5, 5.41) is 36.7. The number of aliphatic hydroxyl groups excluding tert-OH is 4. The van der Waals surface area contributed by atoms with Gasteiger partial charge in [0.15, 0.2) is 0 Å². The fraction of sp³-hybridized carbons (Fsp3) is 1.00. The third-order valence-corrected chi connectivity index (χ3v) is 2.89. The highest BCUT2D eigenvalue weighted by atomic mass is 16.3. The molecule has 4 nitrogen and oxygen atoms in total. The highest BCUT2D eigenvalue weighted by Gasteiger charge is 2.18. The van der Waals surface area contributed by atoms with Crippen molar-refractivity contribution in [2.75, 3.05) is 13.2 Å². The van der Waals surface area contributed by atoms with Crippen LogP contribution in [0.1, 0.15) is 45.4 Å². The maximum Gasteiger partial charge on any atom is 0.0590 e. The molecule has 0 aromatic rings. The Morgan fingerprint density at radius 2 is 1.56 bits per heavy atom. The number of aliphatic hydroxyl groups is 4. The van der Waals surface area contributed by atoms with Crippen molar-refractivity contribution < 1.29 is 20.4 Å². The van der Waals surface area contributed by atoms with E-state index in [0.29, 0.717) is 19.3 Å². The molecule has 3 atom stereocenters. The van der Waals surface area contributed by atoms with E-state index in [9.17, 15) is 5.11 Å². The zero-order valence-corrected chi connectivity index (χ0v) is 10.2. The molecule has 98 valence electrons. The van der Waals surface area contributed by atoms with Crippen LogP contribution in [0.2, 0.25) is 0 Å². The van der Waals surface area contributed by atoms with Crippen LogP contribution in [0, 0.1) is 5.92 Å². The standard InChI is InChI=1S/C12H26O4/c1-10(15)6-7-11(9-14)12(16)5-3-2-4-8-13/h10-16H,2-9H2,1H3. The van der Waals surface area contributed by atoms with E-state index in [1.807, 2.05) is 0 Å². The maximum absolute atomic E-state index is 9.82. The van der Waals surface area contributed by atoms with Gasteiger partial charge in [-0.2, -0.15) is 0 Å². The van der Waals surface area contributed by atoms with Crippen LogP contribution in [-0.2, 0) is 0 Å². The summed E-state index contributed by atoms with van der Waals surface area (Å²) in [6, 6.07) is 0. The second kappa shape index (κ2) is 10.0. The number of rotatable bonds is 10. The van der Waals surface area contributed by atoms with Crippen molar-refractivity contribution in [3.8, 4) is 0 Å². The monoisotopic (exact) mass is 234 g/mol. The van der Waals surface area contributed by atoms with Gasteiger partial charge >= 0.3 is 0 Å². The summed E-state index contributed by atoms with van der Waals surface area (Å²) < 4.78 is 0. The van der Waals surface area contributed by atoms with Gasteiger partial charge in [0.1, 0.15) is 0 Å². The average molecular weight is 234 g/mol. The molecule has 0 aliphatic rings. The van der Waals surface area contributed by atoms with E-state index in [1.54, 1.807) is 6.92 Å². The van der Waals surface area contributed by atoms with Gasteiger partial charge in [-0.3, -0.25) is 0 Å². The van der Waals surface area contributed by atoms with Crippen LogP contribution in [0.4, 0.5) is 0 Å². The molecule has 0 aliphatic carbocycles. The van der Waals surface area contributed by atoms with Gasteiger partial charge in [0, 0.05) is 19.1 Å². The van der Waals surface area contributed by atoms with Gasteiger partial charge in [-0.05, 0) is 32.6 Å². The first-order valence-electron chi connectivity index (χ1n) is 6.19. The Balaban J connectivity index is 3.68. The van der Waals surface area contributed by atoms with Crippen molar-refractivity contribution in [1.82, 2.24) is 0 Å². The highest BCUT2D eigenvalue weighted by molar-refractivity contribution is 4.69. The van der Waals surface area contributed by atoms with Gasteiger partial charge < -0.3 is 20.4 Å². The lowest BCUT2D eigenvalue weighted by Crippen LogP contribution is -2.24. The molecule has 4 heteroatoms. The number of hydrogen-bond donors (Lipinski definition) is 4. The molecular formula is C12H26O4. The van der Waals surface area contributed by atoms with Gasteiger partial charge in [-0.1, -0.05) is 12.8 Å². The minimum absolute atomic E-state index is 0.0338. The molecule has 0 fully saturated rings. The summed E-state index contributed by atoms with van der Waals surface area (Å²) in [6.07, 6.45) is 3.58. The molecule has 0 saturated carbocycles. The highest BCUT2D eigenvalue weighted by Crippen LogP contribution is 2.17.